The standard InChI is InChI=1S/C16H18BrN3O2/c17-12-3-1-11(2-4-12)13-9-18-15(19-13)14-10-22-16(20-14)5-7-21-8-6-16/h1-4,9,14,20H,5-8,10H2,(H,18,19)/t14-/m0/s1. The second-order valence-electron chi connectivity index (χ2n) is 5.79. The number of ether oxygens (including phenoxy) is 2. The van der Waals surface area contributed by atoms with Crippen LogP contribution < -0.4 is 5.32 Å². The summed E-state index contributed by atoms with van der Waals surface area (Å²) in [6.07, 6.45) is 3.74. The van der Waals surface area contributed by atoms with E-state index in [1.807, 2.05) is 18.3 Å². The molecule has 0 aliphatic carbocycles. The highest BCUT2D eigenvalue weighted by atomic mass is 79.9. The number of halogens is 1. The third-order valence-electron chi connectivity index (χ3n) is 4.33. The van der Waals surface area contributed by atoms with Gasteiger partial charge in [0.1, 0.15) is 11.5 Å². The van der Waals surface area contributed by atoms with Gasteiger partial charge in [-0.15, -0.1) is 0 Å². The van der Waals surface area contributed by atoms with Gasteiger partial charge >= 0.3 is 0 Å². The van der Waals surface area contributed by atoms with Gasteiger partial charge in [0.05, 0.1) is 31.6 Å². The smallest absolute Gasteiger partial charge is 0.126 e. The van der Waals surface area contributed by atoms with Gasteiger partial charge in [-0.1, -0.05) is 28.1 Å². The summed E-state index contributed by atoms with van der Waals surface area (Å²) >= 11 is 3.45. The number of aromatic nitrogens is 2. The molecule has 4 rings (SSSR count). The van der Waals surface area contributed by atoms with Crippen molar-refractivity contribution in [1.29, 1.82) is 0 Å². The number of aromatic amines is 1. The molecule has 1 atom stereocenters. The lowest BCUT2D eigenvalue weighted by atomic mass is 10.0. The Balaban J connectivity index is 1.51. The lowest BCUT2D eigenvalue weighted by Gasteiger charge is -2.32. The molecule has 6 heteroatoms. The Morgan fingerprint density at radius 2 is 1.95 bits per heavy atom. The normalized spacial score (nSPS) is 24.0. The molecule has 22 heavy (non-hydrogen) atoms. The van der Waals surface area contributed by atoms with E-state index in [4.69, 9.17) is 14.5 Å². The minimum absolute atomic E-state index is 0.113. The maximum Gasteiger partial charge on any atom is 0.126 e. The number of benzene rings is 1. The first-order chi connectivity index (χ1) is 10.7. The Labute approximate surface area is 137 Å². The van der Waals surface area contributed by atoms with Crippen LogP contribution in [-0.2, 0) is 9.47 Å². The van der Waals surface area contributed by atoms with Gasteiger partial charge in [-0.25, -0.2) is 4.98 Å². The van der Waals surface area contributed by atoms with Crippen LogP contribution in [0.2, 0.25) is 0 Å². The van der Waals surface area contributed by atoms with Gasteiger partial charge in [0, 0.05) is 29.1 Å². The van der Waals surface area contributed by atoms with E-state index in [0.717, 1.165) is 47.6 Å². The monoisotopic (exact) mass is 363 g/mol. The van der Waals surface area contributed by atoms with Gasteiger partial charge < -0.3 is 14.5 Å². The summed E-state index contributed by atoms with van der Waals surface area (Å²) in [7, 11) is 0. The molecule has 0 saturated carbocycles. The van der Waals surface area contributed by atoms with E-state index in [9.17, 15) is 0 Å². The lowest BCUT2D eigenvalue weighted by molar-refractivity contribution is -0.0889. The van der Waals surface area contributed by atoms with E-state index in [2.05, 4.69) is 38.4 Å². The summed E-state index contributed by atoms with van der Waals surface area (Å²) in [6.45, 7) is 2.15. The van der Waals surface area contributed by atoms with Gasteiger partial charge in [-0.05, 0) is 12.1 Å². The van der Waals surface area contributed by atoms with Crippen LogP contribution in [0.25, 0.3) is 11.3 Å². The van der Waals surface area contributed by atoms with E-state index in [0.29, 0.717) is 6.61 Å². The van der Waals surface area contributed by atoms with E-state index >= 15 is 0 Å². The average molecular weight is 364 g/mol. The summed E-state index contributed by atoms with van der Waals surface area (Å²) in [6, 6.07) is 8.28. The van der Waals surface area contributed by atoms with Gasteiger partial charge in [-0.2, -0.15) is 0 Å². The van der Waals surface area contributed by atoms with Crippen molar-refractivity contribution in [2.75, 3.05) is 19.8 Å². The Kier molecular flexibility index (Phi) is 3.78. The fourth-order valence-electron chi connectivity index (χ4n) is 3.06. The predicted molar refractivity (Wildman–Crippen MR) is 86.3 cm³/mol. The van der Waals surface area contributed by atoms with E-state index in [1.165, 1.54) is 0 Å². The van der Waals surface area contributed by atoms with E-state index in [1.54, 1.807) is 0 Å². The molecule has 0 bridgehead atoms. The second kappa shape index (κ2) is 5.77. The highest BCUT2D eigenvalue weighted by Gasteiger charge is 2.42. The highest BCUT2D eigenvalue weighted by molar-refractivity contribution is 9.10. The summed E-state index contributed by atoms with van der Waals surface area (Å²) in [4.78, 5) is 8.01. The van der Waals surface area contributed by atoms with Crippen LogP contribution in [0.3, 0.4) is 0 Å². The van der Waals surface area contributed by atoms with Crippen molar-refractivity contribution < 1.29 is 9.47 Å². The van der Waals surface area contributed by atoms with Crippen LogP contribution in [0.5, 0.6) is 0 Å². The zero-order valence-electron chi connectivity index (χ0n) is 12.1. The first-order valence-corrected chi connectivity index (χ1v) is 8.34. The Hall–Kier alpha value is -1.21. The molecule has 0 amide bonds. The van der Waals surface area contributed by atoms with Gasteiger partial charge in [-0.3, -0.25) is 5.32 Å². The fourth-order valence-corrected chi connectivity index (χ4v) is 3.33. The maximum atomic E-state index is 6.02. The van der Waals surface area contributed by atoms with Crippen LogP contribution in [0, 0.1) is 0 Å². The van der Waals surface area contributed by atoms with Crippen molar-refractivity contribution in [3.05, 3.63) is 40.8 Å². The van der Waals surface area contributed by atoms with Crippen molar-refractivity contribution in [3.63, 3.8) is 0 Å². The number of nitrogens with one attached hydrogen (secondary N) is 2. The molecular weight excluding hydrogens is 346 g/mol. The SMILES string of the molecule is Brc1ccc(-c2c[nH]c([C@@H]3COC4(CCOCC4)N3)n2)cc1. The Bertz CT molecular complexity index is 650. The molecule has 3 heterocycles. The summed E-state index contributed by atoms with van der Waals surface area (Å²) in [5, 5.41) is 3.59. The zero-order chi connectivity index (χ0) is 15.0. The molecule has 0 radical (unpaired) electrons. The molecule has 5 nitrogen and oxygen atoms in total. The first-order valence-electron chi connectivity index (χ1n) is 7.55. The van der Waals surface area contributed by atoms with Crippen molar-refractivity contribution in [3.8, 4) is 11.3 Å². The van der Waals surface area contributed by atoms with Gasteiger partial charge in [0.25, 0.3) is 0 Å². The van der Waals surface area contributed by atoms with Crippen LogP contribution in [0.1, 0.15) is 24.7 Å². The summed E-state index contributed by atoms with van der Waals surface area (Å²) in [5.74, 6) is 0.932. The van der Waals surface area contributed by atoms with E-state index < -0.39 is 0 Å². The van der Waals surface area contributed by atoms with Crippen LogP contribution in [0.15, 0.2) is 34.9 Å². The Morgan fingerprint density at radius 3 is 2.73 bits per heavy atom. The number of imidazole rings is 1. The molecule has 0 unspecified atom stereocenters. The van der Waals surface area contributed by atoms with Crippen LogP contribution in [-0.4, -0.2) is 35.5 Å². The second-order valence-corrected chi connectivity index (χ2v) is 6.71. The van der Waals surface area contributed by atoms with Crippen LogP contribution in [0.4, 0.5) is 0 Å². The molecule has 1 aromatic heterocycles. The van der Waals surface area contributed by atoms with Gasteiger partial charge in [0.15, 0.2) is 0 Å². The minimum atomic E-state index is -0.229. The number of rotatable bonds is 2. The molecule has 2 aromatic rings. The number of H-pyrrole nitrogens is 1. The topological polar surface area (TPSA) is 59.2 Å². The molecular formula is C16H18BrN3O2. The molecule has 2 aliphatic heterocycles. The van der Waals surface area contributed by atoms with Gasteiger partial charge in [0.2, 0.25) is 0 Å². The van der Waals surface area contributed by atoms with Crippen molar-refractivity contribution in [2.24, 2.45) is 0 Å². The summed E-state index contributed by atoms with van der Waals surface area (Å²) < 4.78 is 12.5. The summed E-state index contributed by atoms with van der Waals surface area (Å²) in [5.41, 5.74) is 1.83. The highest BCUT2D eigenvalue weighted by Crippen LogP contribution is 2.33. The number of nitrogens with zero attached hydrogens (tertiary/aromatic N) is 1. The maximum absolute atomic E-state index is 6.02. The molecule has 2 saturated heterocycles. The fraction of sp³-hybridized carbons (Fsp3) is 0.438. The molecule has 1 aromatic carbocycles. The lowest BCUT2D eigenvalue weighted by Crippen LogP contribution is -2.46. The van der Waals surface area contributed by atoms with Crippen molar-refractivity contribution >= 4 is 15.9 Å². The third kappa shape index (κ3) is 2.72. The quantitative estimate of drug-likeness (QED) is 0.860. The molecule has 1 spiro atoms. The van der Waals surface area contributed by atoms with Crippen LogP contribution >= 0.6 is 15.9 Å². The number of hydrogen-bond donors (Lipinski definition) is 2. The van der Waals surface area contributed by atoms with Crippen molar-refractivity contribution in [1.82, 2.24) is 15.3 Å². The largest absolute Gasteiger partial charge is 0.381 e. The third-order valence-corrected chi connectivity index (χ3v) is 4.86. The minimum Gasteiger partial charge on any atom is -0.381 e. The number of hydrogen-bond acceptors (Lipinski definition) is 4. The van der Waals surface area contributed by atoms with E-state index in [-0.39, 0.29) is 11.8 Å². The molecule has 2 fully saturated rings. The first kappa shape index (κ1) is 14.4. The van der Waals surface area contributed by atoms with Crippen molar-refractivity contribution in [2.45, 2.75) is 24.6 Å². The average Bonchev–Trinajstić information content (AvgIpc) is 3.17. The molecule has 2 aliphatic rings. The molecule has 116 valence electrons. The predicted octanol–water partition coefficient (Wildman–Crippen LogP) is 3.01. The molecule has 2 N–H and O–H groups in total. The Morgan fingerprint density at radius 1 is 1.18 bits per heavy atom. The zero-order valence-corrected chi connectivity index (χ0v) is 13.7.